The van der Waals surface area contributed by atoms with E-state index in [1.54, 1.807) is 41.4 Å². The molecule has 2 aliphatic rings. The number of halogens is 3. The van der Waals surface area contributed by atoms with Crippen LogP contribution in [0.2, 0.25) is 0 Å². The van der Waals surface area contributed by atoms with Crippen molar-refractivity contribution in [3.63, 3.8) is 0 Å². The van der Waals surface area contributed by atoms with E-state index in [0.717, 1.165) is 22.3 Å². The van der Waals surface area contributed by atoms with Gasteiger partial charge in [0.1, 0.15) is 5.82 Å². The summed E-state index contributed by atoms with van der Waals surface area (Å²) in [6, 6.07) is 4.04. The number of hydrogen-bond acceptors (Lipinski definition) is 6. The number of benzene rings is 1. The third-order valence-electron chi connectivity index (χ3n) is 5.94. The highest BCUT2D eigenvalue weighted by atomic mass is 19.3. The molecule has 1 aromatic heterocycles. The van der Waals surface area contributed by atoms with Crippen LogP contribution in [-0.2, 0) is 25.7 Å². The Morgan fingerprint density at radius 2 is 1.95 bits per heavy atom. The standard InChI is InChI=1S/C25H23F3N6O4/c26-25(27,23(37)38-28)33-24(29)31-19-5-2-16(3-6-19)17-9-11-34(12-10-17)21(36)8-1-15-13-18-4-7-20(35)32-22(18)30-14-15/h1-3,5-6,8-9,13-14H,4,7,10-12H2,(H3,29,31,33)(H,30,32,35)/b8-1+. The van der Waals surface area contributed by atoms with E-state index in [2.05, 4.69) is 20.6 Å². The van der Waals surface area contributed by atoms with Crippen molar-refractivity contribution in [2.24, 2.45) is 0 Å². The third kappa shape index (κ3) is 6.35. The molecule has 10 nitrogen and oxygen atoms in total. The predicted molar refractivity (Wildman–Crippen MR) is 132 cm³/mol. The zero-order valence-corrected chi connectivity index (χ0v) is 19.9. The summed E-state index contributed by atoms with van der Waals surface area (Å²) in [7, 11) is 0. The third-order valence-corrected chi connectivity index (χ3v) is 5.94. The average Bonchev–Trinajstić information content (AvgIpc) is 2.91. The second-order valence-corrected chi connectivity index (χ2v) is 8.56. The van der Waals surface area contributed by atoms with E-state index in [1.165, 1.54) is 11.4 Å². The number of amides is 2. The van der Waals surface area contributed by atoms with Gasteiger partial charge in [-0.15, -0.1) is 0 Å². The quantitative estimate of drug-likeness (QED) is 0.196. The minimum atomic E-state index is -4.40. The number of rotatable bonds is 6. The molecule has 4 N–H and O–H groups in total. The van der Waals surface area contributed by atoms with Gasteiger partial charge in [-0.3, -0.25) is 20.3 Å². The number of guanidine groups is 1. The molecule has 4 rings (SSSR count). The van der Waals surface area contributed by atoms with Crippen molar-refractivity contribution in [3.8, 4) is 0 Å². The highest BCUT2D eigenvalue weighted by molar-refractivity contribution is 5.95. The van der Waals surface area contributed by atoms with E-state index < -0.39 is 18.0 Å². The van der Waals surface area contributed by atoms with E-state index in [1.807, 2.05) is 12.1 Å². The summed E-state index contributed by atoms with van der Waals surface area (Å²) in [6.45, 7) is 0.902. The Morgan fingerprint density at radius 3 is 2.63 bits per heavy atom. The largest absolute Gasteiger partial charge is 0.440 e. The Labute approximate surface area is 215 Å². The van der Waals surface area contributed by atoms with Crippen LogP contribution in [0.4, 0.5) is 24.8 Å². The molecule has 13 heteroatoms. The van der Waals surface area contributed by atoms with Crippen molar-refractivity contribution in [2.75, 3.05) is 23.7 Å². The molecule has 38 heavy (non-hydrogen) atoms. The summed E-state index contributed by atoms with van der Waals surface area (Å²) >= 11 is 0. The zero-order chi connectivity index (χ0) is 27.3. The first-order chi connectivity index (χ1) is 18.1. The Bertz CT molecular complexity index is 1330. The van der Waals surface area contributed by atoms with Crippen molar-refractivity contribution in [1.29, 1.82) is 5.41 Å². The molecule has 0 saturated carbocycles. The van der Waals surface area contributed by atoms with Gasteiger partial charge in [0, 0.05) is 42.0 Å². The van der Waals surface area contributed by atoms with Crippen LogP contribution in [0.3, 0.4) is 0 Å². The fourth-order valence-electron chi connectivity index (χ4n) is 3.97. The molecule has 198 valence electrons. The van der Waals surface area contributed by atoms with E-state index in [4.69, 9.17) is 5.41 Å². The monoisotopic (exact) mass is 528 g/mol. The molecule has 0 unspecified atom stereocenters. The summed E-state index contributed by atoms with van der Waals surface area (Å²) in [5.41, 5.74) is 3.84. The number of carbonyl (C=O) groups is 3. The first-order valence-corrected chi connectivity index (χ1v) is 11.5. The average molecular weight is 528 g/mol. The van der Waals surface area contributed by atoms with Crippen molar-refractivity contribution >= 4 is 46.9 Å². The molecule has 2 aliphatic heterocycles. The number of aryl methyl sites for hydroxylation is 1. The highest BCUT2D eigenvalue weighted by Gasteiger charge is 2.43. The van der Waals surface area contributed by atoms with Crippen LogP contribution < -0.4 is 16.0 Å². The second kappa shape index (κ2) is 11.2. The lowest BCUT2D eigenvalue weighted by Crippen LogP contribution is -2.49. The van der Waals surface area contributed by atoms with Gasteiger partial charge in [0.05, 0.1) is 0 Å². The van der Waals surface area contributed by atoms with Gasteiger partial charge in [-0.2, -0.15) is 8.78 Å². The summed E-state index contributed by atoms with van der Waals surface area (Å²) < 4.78 is 38.3. The Balaban J connectivity index is 1.30. The van der Waals surface area contributed by atoms with Gasteiger partial charge in [0.15, 0.2) is 5.96 Å². The maximum Gasteiger partial charge on any atom is 0.440 e. The number of carbonyl (C=O) groups excluding carboxylic acids is 3. The second-order valence-electron chi connectivity index (χ2n) is 8.56. The first kappa shape index (κ1) is 26.4. The van der Waals surface area contributed by atoms with Crippen molar-refractivity contribution in [1.82, 2.24) is 15.2 Å². The topological polar surface area (TPSA) is 137 Å². The molecule has 2 aromatic rings. The molecule has 1 aromatic carbocycles. The summed E-state index contributed by atoms with van der Waals surface area (Å²) in [5.74, 6) is -3.04. The molecule has 0 bridgehead atoms. The number of aromatic nitrogens is 1. The lowest BCUT2D eigenvalue weighted by atomic mass is 9.99. The van der Waals surface area contributed by atoms with Gasteiger partial charge in [-0.25, -0.2) is 14.7 Å². The number of fused-ring (bicyclic) bond motifs is 1. The Kier molecular flexibility index (Phi) is 7.74. The van der Waals surface area contributed by atoms with E-state index in [-0.39, 0.29) is 17.5 Å². The van der Waals surface area contributed by atoms with Crippen LogP contribution >= 0.6 is 0 Å². The van der Waals surface area contributed by atoms with Crippen molar-refractivity contribution in [2.45, 2.75) is 25.3 Å². The molecule has 3 heterocycles. The number of nitrogens with one attached hydrogen (secondary N) is 4. The number of pyridine rings is 1. The van der Waals surface area contributed by atoms with Gasteiger partial charge in [-0.05, 0) is 59.4 Å². The number of nitrogens with zero attached hydrogens (tertiary/aromatic N) is 2. The molecule has 0 aliphatic carbocycles. The fourth-order valence-corrected chi connectivity index (χ4v) is 3.97. The van der Waals surface area contributed by atoms with Crippen LogP contribution in [0.1, 0.15) is 29.5 Å². The molecule has 0 radical (unpaired) electrons. The number of anilines is 2. The van der Waals surface area contributed by atoms with Crippen LogP contribution in [-0.4, -0.2) is 52.8 Å². The molecule has 2 amide bonds. The van der Waals surface area contributed by atoms with E-state index >= 15 is 0 Å². The number of alkyl halides is 2. The lowest BCUT2D eigenvalue weighted by molar-refractivity contribution is -0.213. The number of hydrogen-bond donors (Lipinski definition) is 4. The summed E-state index contributed by atoms with van der Waals surface area (Å²) in [6.07, 6.45) is 8.31. The first-order valence-electron chi connectivity index (χ1n) is 11.5. The smallest absolute Gasteiger partial charge is 0.335 e. The predicted octanol–water partition coefficient (Wildman–Crippen LogP) is 3.25. The minimum absolute atomic E-state index is 0.0602. The SMILES string of the molecule is N=C(Nc1ccc(C2=CCN(C(=O)/C=C/c3cnc4c(c3)CCC(=O)N4)CC2)cc1)NC(F)(F)C(=O)OF. The van der Waals surface area contributed by atoms with Gasteiger partial charge in [-0.1, -0.05) is 18.2 Å². The van der Waals surface area contributed by atoms with Crippen molar-refractivity contribution in [3.05, 3.63) is 65.4 Å². The van der Waals surface area contributed by atoms with E-state index in [0.29, 0.717) is 38.2 Å². The van der Waals surface area contributed by atoms with Gasteiger partial charge < -0.3 is 15.5 Å². The zero-order valence-electron chi connectivity index (χ0n) is 19.9. The summed E-state index contributed by atoms with van der Waals surface area (Å²) in [5, 5.41) is 13.8. The molecular weight excluding hydrogens is 505 g/mol. The molecular formula is C25H23F3N6O4. The lowest BCUT2D eigenvalue weighted by Gasteiger charge is -2.25. The Morgan fingerprint density at radius 1 is 1.18 bits per heavy atom. The van der Waals surface area contributed by atoms with Gasteiger partial charge >= 0.3 is 12.0 Å². The maximum absolute atomic E-state index is 13.3. The molecule has 0 atom stereocenters. The Hall–Kier alpha value is -4.68. The van der Waals surface area contributed by atoms with Crippen LogP contribution in [0, 0.1) is 5.41 Å². The van der Waals surface area contributed by atoms with Gasteiger partial charge in [0.25, 0.3) is 0 Å². The van der Waals surface area contributed by atoms with Crippen molar-refractivity contribution < 1.29 is 32.6 Å². The normalized spacial score (nSPS) is 15.3. The van der Waals surface area contributed by atoms with Crippen LogP contribution in [0.5, 0.6) is 0 Å². The van der Waals surface area contributed by atoms with Crippen LogP contribution in [0.25, 0.3) is 11.6 Å². The maximum atomic E-state index is 13.3. The van der Waals surface area contributed by atoms with E-state index in [9.17, 15) is 27.7 Å². The molecule has 0 saturated heterocycles. The molecule has 0 spiro atoms. The van der Waals surface area contributed by atoms with Crippen LogP contribution in [0.15, 0.2) is 48.7 Å². The summed E-state index contributed by atoms with van der Waals surface area (Å²) in [4.78, 5) is 43.2. The fraction of sp³-hybridized carbons (Fsp3) is 0.240. The minimum Gasteiger partial charge on any atom is -0.335 e. The molecule has 0 fully saturated rings. The highest BCUT2D eigenvalue weighted by Crippen LogP contribution is 2.25. The van der Waals surface area contributed by atoms with Gasteiger partial charge in [0.2, 0.25) is 11.8 Å².